The highest BCUT2D eigenvalue weighted by Gasteiger charge is 2.10. The SMILES string of the molecule is O=C(Cc1ccc(-n2nnc3ccc(Cl)cc3c2=O)cc1)NCc1cccc2ccccc12. The van der Waals surface area contributed by atoms with Gasteiger partial charge in [0.05, 0.1) is 17.5 Å². The number of hydrogen-bond acceptors (Lipinski definition) is 4. The van der Waals surface area contributed by atoms with Gasteiger partial charge < -0.3 is 5.32 Å². The van der Waals surface area contributed by atoms with Gasteiger partial charge in [0, 0.05) is 11.6 Å². The molecule has 0 radical (unpaired) electrons. The van der Waals surface area contributed by atoms with Gasteiger partial charge in [0.2, 0.25) is 5.91 Å². The molecule has 5 rings (SSSR count). The molecule has 4 aromatic carbocycles. The Morgan fingerprint density at radius 1 is 0.909 bits per heavy atom. The molecule has 0 aliphatic heterocycles. The fourth-order valence-electron chi connectivity index (χ4n) is 3.83. The number of halogens is 1. The Balaban J connectivity index is 1.29. The first-order valence-corrected chi connectivity index (χ1v) is 10.8. The molecule has 33 heavy (non-hydrogen) atoms. The molecule has 0 atom stereocenters. The van der Waals surface area contributed by atoms with Gasteiger partial charge in [-0.05, 0) is 52.2 Å². The van der Waals surface area contributed by atoms with Gasteiger partial charge in [-0.1, -0.05) is 71.4 Å². The average molecular weight is 455 g/mol. The highest BCUT2D eigenvalue weighted by atomic mass is 35.5. The minimum absolute atomic E-state index is 0.0759. The minimum Gasteiger partial charge on any atom is -0.352 e. The van der Waals surface area contributed by atoms with Crippen molar-refractivity contribution in [3.05, 3.63) is 111 Å². The topological polar surface area (TPSA) is 76.9 Å². The second-order valence-corrected chi connectivity index (χ2v) is 8.16. The zero-order chi connectivity index (χ0) is 22.8. The summed E-state index contributed by atoms with van der Waals surface area (Å²) in [5, 5.41) is 14.2. The Bertz CT molecular complexity index is 1540. The maximum absolute atomic E-state index is 12.8. The maximum Gasteiger partial charge on any atom is 0.282 e. The summed E-state index contributed by atoms with van der Waals surface area (Å²) >= 11 is 6.02. The largest absolute Gasteiger partial charge is 0.352 e. The molecule has 0 bridgehead atoms. The number of benzene rings is 4. The van der Waals surface area contributed by atoms with Crippen LogP contribution in [0.25, 0.3) is 27.4 Å². The average Bonchev–Trinajstić information content (AvgIpc) is 2.84. The van der Waals surface area contributed by atoms with Crippen molar-refractivity contribution in [1.29, 1.82) is 0 Å². The molecule has 0 fully saturated rings. The van der Waals surface area contributed by atoms with Crippen molar-refractivity contribution >= 4 is 39.2 Å². The third kappa shape index (κ3) is 4.33. The third-order valence-corrected chi connectivity index (χ3v) is 5.76. The van der Waals surface area contributed by atoms with Crippen LogP contribution < -0.4 is 10.9 Å². The normalized spacial score (nSPS) is 11.1. The predicted octanol–water partition coefficient (Wildman–Crippen LogP) is 4.45. The van der Waals surface area contributed by atoms with Crippen molar-refractivity contribution in [2.45, 2.75) is 13.0 Å². The second-order valence-electron chi connectivity index (χ2n) is 7.73. The highest BCUT2D eigenvalue weighted by Crippen LogP contribution is 2.18. The van der Waals surface area contributed by atoms with Gasteiger partial charge in [-0.25, -0.2) is 0 Å². The monoisotopic (exact) mass is 454 g/mol. The summed E-state index contributed by atoms with van der Waals surface area (Å²) in [6.07, 6.45) is 0.235. The lowest BCUT2D eigenvalue weighted by molar-refractivity contribution is -0.120. The molecule has 6 nitrogen and oxygen atoms in total. The summed E-state index contributed by atoms with van der Waals surface area (Å²) in [5.74, 6) is -0.0759. The number of amides is 1. The Morgan fingerprint density at radius 2 is 1.70 bits per heavy atom. The number of aromatic nitrogens is 3. The van der Waals surface area contributed by atoms with Crippen LogP contribution in [-0.4, -0.2) is 20.9 Å². The summed E-state index contributed by atoms with van der Waals surface area (Å²) in [6.45, 7) is 0.461. The summed E-state index contributed by atoms with van der Waals surface area (Å²) < 4.78 is 1.23. The van der Waals surface area contributed by atoms with E-state index in [0.717, 1.165) is 21.9 Å². The van der Waals surface area contributed by atoms with Crippen LogP contribution in [0, 0.1) is 0 Å². The highest BCUT2D eigenvalue weighted by molar-refractivity contribution is 6.31. The second kappa shape index (κ2) is 8.84. The molecule has 1 amide bonds. The van der Waals surface area contributed by atoms with E-state index in [1.165, 1.54) is 4.68 Å². The fraction of sp³-hybridized carbons (Fsp3) is 0.0769. The number of carbonyl (C=O) groups excluding carboxylic acids is 1. The molecular weight excluding hydrogens is 436 g/mol. The summed E-state index contributed by atoms with van der Waals surface area (Å²) in [5.41, 5.74) is 2.66. The van der Waals surface area contributed by atoms with E-state index in [9.17, 15) is 9.59 Å². The van der Waals surface area contributed by atoms with Crippen molar-refractivity contribution in [2.75, 3.05) is 0 Å². The smallest absolute Gasteiger partial charge is 0.282 e. The molecule has 0 aliphatic rings. The van der Waals surface area contributed by atoms with Crippen LogP contribution in [0.15, 0.2) is 89.7 Å². The Kier molecular flexibility index (Phi) is 5.59. The Hall–Kier alpha value is -4.03. The van der Waals surface area contributed by atoms with E-state index in [4.69, 9.17) is 11.6 Å². The first-order chi connectivity index (χ1) is 16.1. The Labute approximate surface area is 194 Å². The van der Waals surface area contributed by atoms with Gasteiger partial charge >= 0.3 is 0 Å². The quantitative estimate of drug-likeness (QED) is 0.425. The van der Waals surface area contributed by atoms with Gasteiger partial charge in [-0.2, -0.15) is 4.68 Å². The van der Waals surface area contributed by atoms with Crippen molar-refractivity contribution in [3.8, 4) is 5.69 Å². The van der Waals surface area contributed by atoms with Gasteiger partial charge in [-0.15, -0.1) is 5.10 Å². The number of rotatable bonds is 5. The number of nitrogens with one attached hydrogen (secondary N) is 1. The molecule has 7 heteroatoms. The molecule has 1 aromatic heterocycles. The number of carbonyl (C=O) groups is 1. The molecular formula is C26H19ClN4O2. The van der Waals surface area contributed by atoms with Crippen molar-refractivity contribution in [1.82, 2.24) is 20.3 Å². The molecule has 0 saturated heterocycles. The molecule has 0 saturated carbocycles. The van der Waals surface area contributed by atoms with Gasteiger partial charge in [0.1, 0.15) is 5.52 Å². The molecule has 0 spiro atoms. The Morgan fingerprint density at radius 3 is 2.55 bits per heavy atom. The fourth-order valence-corrected chi connectivity index (χ4v) is 4.00. The van der Waals surface area contributed by atoms with Gasteiger partial charge in [0.15, 0.2) is 0 Å². The maximum atomic E-state index is 12.8. The van der Waals surface area contributed by atoms with Crippen LogP contribution in [0.2, 0.25) is 5.02 Å². The number of fused-ring (bicyclic) bond motifs is 2. The molecule has 5 aromatic rings. The summed E-state index contributed by atoms with van der Waals surface area (Å²) in [4.78, 5) is 25.3. The van der Waals surface area contributed by atoms with E-state index in [-0.39, 0.29) is 17.9 Å². The summed E-state index contributed by atoms with van der Waals surface area (Å²) in [6, 6.07) is 26.2. The molecule has 0 aliphatic carbocycles. The lowest BCUT2D eigenvalue weighted by Gasteiger charge is -2.09. The van der Waals surface area contributed by atoms with Crippen LogP contribution in [0.4, 0.5) is 0 Å². The third-order valence-electron chi connectivity index (χ3n) is 5.52. The van der Waals surface area contributed by atoms with Crippen LogP contribution >= 0.6 is 11.6 Å². The zero-order valence-corrected chi connectivity index (χ0v) is 18.3. The number of nitrogens with zero attached hydrogens (tertiary/aromatic N) is 3. The zero-order valence-electron chi connectivity index (χ0n) is 17.5. The van der Waals surface area contributed by atoms with E-state index in [1.807, 2.05) is 36.4 Å². The molecule has 0 unspecified atom stereocenters. The first kappa shape index (κ1) is 20.8. The van der Waals surface area contributed by atoms with E-state index >= 15 is 0 Å². The summed E-state index contributed by atoms with van der Waals surface area (Å²) in [7, 11) is 0. The number of hydrogen-bond donors (Lipinski definition) is 1. The van der Waals surface area contributed by atoms with Gasteiger partial charge in [-0.3, -0.25) is 9.59 Å². The van der Waals surface area contributed by atoms with E-state index < -0.39 is 0 Å². The van der Waals surface area contributed by atoms with Gasteiger partial charge in [0.25, 0.3) is 5.56 Å². The van der Waals surface area contributed by atoms with Crippen molar-refractivity contribution in [2.24, 2.45) is 0 Å². The molecule has 1 heterocycles. The minimum atomic E-state index is -0.303. The van der Waals surface area contributed by atoms with Crippen molar-refractivity contribution < 1.29 is 4.79 Å². The van der Waals surface area contributed by atoms with E-state index in [0.29, 0.717) is 28.2 Å². The molecule has 162 valence electrons. The standard InChI is InChI=1S/C26H19ClN4O2/c27-20-10-13-24-23(15-20)26(33)31(30-29-24)21-11-8-17(9-12-21)14-25(32)28-16-19-6-3-5-18-4-1-2-7-22(18)19/h1-13,15H,14,16H2,(H,28,32). The van der Waals surface area contributed by atoms with Crippen LogP contribution in [-0.2, 0) is 17.8 Å². The van der Waals surface area contributed by atoms with Crippen molar-refractivity contribution in [3.63, 3.8) is 0 Å². The predicted molar refractivity (Wildman–Crippen MR) is 130 cm³/mol. The van der Waals surface area contributed by atoms with E-state index in [2.05, 4.69) is 33.8 Å². The van der Waals surface area contributed by atoms with Crippen LogP contribution in [0.1, 0.15) is 11.1 Å². The van der Waals surface area contributed by atoms with Crippen LogP contribution in [0.5, 0.6) is 0 Å². The lowest BCUT2D eigenvalue weighted by Crippen LogP contribution is -2.25. The van der Waals surface area contributed by atoms with E-state index in [1.54, 1.807) is 30.3 Å². The van der Waals surface area contributed by atoms with Crippen LogP contribution in [0.3, 0.4) is 0 Å². The molecule has 1 N–H and O–H groups in total. The lowest BCUT2D eigenvalue weighted by atomic mass is 10.0. The first-order valence-electron chi connectivity index (χ1n) is 10.5.